The minimum atomic E-state index is 0.405. The topological polar surface area (TPSA) is 24.5 Å². The van der Waals surface area contributed by atoms with Crippen LogP contribution in [0.3, 0.4) is 0 Å². The summed E-state index contributed by atoms with van der Waals surface area (Å²) in [7, 11) is 0. The van der Waals surface area contributed by atoms with Gasteiger partial charge in [-0.05, 0) is 38.1 Å². The molecule has 0 amide bonds. The van der Waals surface area contributed by atoms with Crippen molar-refractivity contribution in [3.05, 3.63) is 0 Å². The third-order valence-corrected chi connectivity index (χ3v) is 4.60. The average molecular weight is 270 g/mol. The number of hydrogen-bond donors (Lipinski definition) is 1. The summed E-state index contributed by atoms with van der Waals surface area (Å²) in [6.07, 6.45) is 3.62. The fourth-order valence-electron chi connectivity index (χ4n) is 2.88. The number of ether oxygens (including phenoxy) is 1. The zero-order chi connectivity index (χ0) is 14.3. The summed E-state index contributed by atoms with van der Waals surface area (Å²) < 4.78 is 5.59. The Bertz CT molecular complexity index is 237. The molecule has 0 aromatic heterocycles. The number of rotatable bonds is 8. The van der Waals surface area contributed by atoms with Crippen molar-refractivity contribution >= 4 is 0 Å². The molecule has 1 rings (SSSR count). The molecule has 3 heteroatoms. The summed E-state index contributed by atoms with van der Waals surface area (Å²) in [4.78, 5) is 2.65. The molecular formula is C16H34N2O. The van der Waals surface area contributed by atoms with Gasteiger partial charge in [-0.25, -0.2) is 0 Å². The molecule has 0 saturated carbocycles. The fourth-order valence-corrected chi connectivity index (χ4v) is 2.88. The zero-order valence-corrected chi connectivity index (χ0v) is 13.7. The minimum Gasteiger partial charge on any atom is -0.381 e. The van der Waals surface area contributed by atoms with Crippen molar-refractivity contribution in [3.8, 4) is 0 Å². The second kappa shape index (κ2) is 8.23. The first-order chi connectivity index (χ1) is 9.03. The Balaban J connectivity index is 2.66. The van der Waals surface area contributed by atoms with Crippen LogP contribution in [0, 0.1) is 5.41 Å². The summed E-state index contributed by atoms with van der Waals surface area (Å²) >= 11 is 0. The van der Waals surface area contributed by atoms with Crippen LogP contribution < -0.4 is 5.32 Å². The lowest BCUT2D eigenvalue weighted by molar-refractivity contribution is -0.0108. The summed E-state index contributed by atoms with van der Waals surface area (Å²) in [6, 6.07) is 1.25. The van der Waals surface area contributed by atoms with Gasteiger partial charge in [0.15, 0.2) is 0 Å². The van der Waals surface area contributed by atoms with E-state index in [1.807, 2.05) is 0 Å². The molecule has 1 atom stereocenters. The van der Waals surface area contributed by atoms with Crippen molar-refractivity contribution in [2.24, 2.45) is 5.41 Å². The molecule has 0 aliphatic carbocycles. The maximum absolute atomic E-state index is 5.59. The highest BCUT2D eigenvalue weighted by Gasteiger charge is 2.34. The molecule has 3 nitrogen and oxygen atoms in total. The molecule has 19 heavy (non-hydrogen) atoms. The van der Waals surface area contributed by atoms with E-state index in [0.717, 1.165) is 26.3 Å². The first kappa shape index (κ1) is 16.9. The van der Waals surface area contributed by atoms with Gasteiger partial charge in [-0.2, -0.15) is 0 Å². The standard InChI is InChI=1S/C16H34N2O/c1-6-15(5)18(7-2)13-16(12-17-14(3)4)8-10-19-11-9-16/h14-15,17H,6-13H2,1-5H3. The Labute approximate surface area is 120 Å². The van der Waals surface area contributed by atoms with E-state index in [1.165, 1.54) is 25.8 Å². The van der Waals surface area contributed by atoms with Gasteiger partial charge in [0.25, 0.3) is 0 Å². The van der Waals surface area contributed by atoms with E-state index in [4.69, 9.17) is 4.74 Å². The average Bonchev–Trinajstić information content (AvgIpc) is 2.43. The summed E-state index contributed by atoms with van der Waals surface area (Å²) in [5.41, 5.74) is 0.405. The van der Waals surface area contributed by atoms with Crippen LogP contribution in [0.4, 0.5) is 0 Å². The van der Waals surface area contributed by atoms with Crippen LogP contribution in [0.15, 0.2) is 0 Å². The van der Waals surface area contributed by atoms with Gasteiger partial charge in [0.05, 0.1) is 0 Å². The van der Waals surface area contributed by atoms with Crippen molar-refractivity contribution in [2.45, 2.75) is 66.0 Å². The Hall–Kier alpha value is -0.120. The molecule has 0 bridgehead atoms. The molecule has 0 spiro atoms. The fraction of sp³-hybridized carbons (Fsp3) is 1.00. The molecule has 114 valence electrons. The molecule has 1 unspecified atom stereocenters. The third kappa shape index (κ3) is 5.41. The van der Waals surface area contributed by atoms with Crippen LogP contribution in [-0.2, 0) is 4.74 Å². The van der Waals surface area contributed by atoms with Crippen molar-refractivity contribution in [1.82, 2.24) is 10.2 Å². The monoisotopic (exact) mass is 270 g/mol. The van der Waals surface area contributed by atoms with Crippen molar-refractivity contribution < 1.29 is 4.74 Å². The molecule has 0 aromatic carbocycles. The predicted molar refractivity (Wildman–Crippen MR) is 82.6 cm³/mol. The summed E-state index contributed by atoms with van der Waals surface area (Å²) in [5, 5.41) is 3.66. The lowest BCUT2D eigenvalue weighted by Gasteiger charge is -2.43. The molecule has 0 aromatic rings. The van der Waals surface area contributed by atoms with E-state index in [9.17, 15) is 0 Å². The van der Waals surface area contributed by atoms with E-state index in [2.05, 4.69) is 44.8 Å². The summed E-state index contributed by atoms with van der Waals surface area (Å²) in [6.45, 7) is 16.7. The smallest absolute Gasteiger partial charge is 0.0472 e. The first-order valence-electron chi connectivity index (χ1n) is 8.08. The van der Waals surface area contributed by atoms with Crippen molar-refractivity contribution in [1.29, 1.82) is 0 Å². The number of nitrogens with one attached hydrogen (secondary N) is 1. The Morgan fingerprint density at radius 2 is 1.79 bits per heavy atom. The van der Waals surface area contributed by atoms with Crippen molar-refractivity contribution in [2.75, 3.05) is 32.8 Å². The maximum atomic E-state index is 5.59. The molecule has 0 radical (unpaired) electrons. The van der Waals surface area contributed by atoms with Crippen LogP contribution in [0.25, 0.3) is 0 Å². The lowest BCUT2D eigenvalue weighted by Crippen LogP contribution is -2.50. The predicted octanol–water partition coefficient (Wildman–Crippen LogP) is 2.90. The van der Waals surface area contributed by atoms with Crippen LogP contribution in [0.1, 0.15) is 53.9 Å². The molecule has 1 aliphatic heterocycles. The highest BCUT2D eigenvalue weighted by Crippen LogP contribution is 2.32. The molecular weight excluding hydrogens is 236 g/mol. The van der Waals surface area contributed by atoms with Crippen LogP contribution >= 0.6 is 0 Å². The van der Waals surface area contributed by atoms with Gasteiger partial charge in [-0.1, -0.05) is 27.7 Å². The van der Waals surface area contributed by atoms with Crippen LogP contribution in [-0.4, -0.2) is 49.8 Å². The third-order valence-electron chi connectivity index (χ3n) is 4.60. The van der Waals surface area contributed by atoms with Gasteiger partial charge in [-0.15, -0.1) is 0 Å². The quantitative estimate of drug-likeness (QED) is 0.734. The normalized spacial score (nSPS) is 21.0. The Morgan fingerprint density at radius 3 is 2.26 bits per heavy atom. The molecule has 1 saturated heterocycles. The number of hydrogen-bond acceptors (Lipinski definition) is 3. The van der Waals surface area contributed by atoms with E-state index in [0.29, 0.717) is 17.5 Å². The van der Waals surface area contributed by atoms with Crippen LogP contribution in [0.2, 0.25) is 0 Å². The first-order valence-corrected chi connectivity index (χ1v) is 8.08. The maximum Gasteiger partial charge on any atom is 0.0472 e. The van der Waals surface area contributed by atoms with Gasteiger partial charge < -0.3 is 15.0 Å². The second-order valence-electron chi connectivity index (χ2n) is 6.47. The minimum absolute atomic E-state index is 0.405. The van der Waals surface area contributed by atoms with Gasteiger partial charge in [0, 0.05) is 38.4 Å². The van der Waals surface area contributed by atoms with E-state index >= 15 is 0 Å². The molecule has 1 N–H and O–H groups in total. The van der Waals surface area contributed by atoms with E-state index in [1.54, 1.807) is 0 Å². The largest absolute Gasteiger partial charge is 0.381 e. The SMILES string of the molecule is CCC(C)N(CC)CC1(CNC(C)C)CCOCC1. The van der Waals surface area contributed by atoms with Gasteiger partial charge >= 0.3 is 0 Å². The highest BCUT2D eigenvalue weighted by molar-refractivity contribution is 4.88. The molecule has 1 aliphatic rings. The molecule has 1 fully saturated rings. The van der Waals surface area contributed by atoms with E-state index in [-0.39, 0.29) is 0 Å². The number of nitrogens with zero attached hydrogens (tertiary/aromatic N) is 1. The second-order valence-corrected chi connectivity index (χ2v) is 6.47. The van der Waals surface area contributed by atoms with Gasteiger partial charge in [-0.3, -0.25) is 0 Å². The van der Waals surface area contributed by atoms with E-state index < -0.39 is 0 Å². The zero-order valence-electron chi connectivity index (χ0n) is 13.7. The highest BCUT2D eigenvalue weighted by atomic mass is 16.5. The Kier molecular flexibility index (Phi) is 7.33. The Morgan fingerprint density at radius 1 is 1.16 bits per heavy atom. The van der Waals surface area contributed by atoms with Gasteiger partial charge in [0.1, 0.15) is 0 Å². The van der Waals surface area contributed by atoms with Gasteiger partial charge in [0.2, 0.25) is 0 Å². The lowest BCUT2D eigenvalue weighted by atomic mass is 9.79. The summed E-state index contributed by atoms with van der Waals surface area (Å²) in [5.74, 6) is 0. The molecule has 1 heterocycles. The van der Waals surface area contributed by atoms with Crippen LogP contribution in [0.5, 0.6) is 0 Å². The van der Waals surface area contributed by atoms with Crippen molar-refractivity contribution in [3.63, 3.8) is 0 Å².